The highest BCUT2D eigenvalue weighted by atomic mass is 16.5. The number of carbonyl (C=O) groups excluding carboxylic acids is 2. The number of azide groups is 1. The Bertz CT molecular complexity index is 1520. The molecule has 0 aliphatic carbocycles. The topological polar surface area (TPSA) is 131 Å². The third-order valence-corrected chi connectivity index (χ3v) is 5.46. The Kier molecular flexibility index (Phi) is 10.9. The van der Waals surface area contributed by atoms with E-state index in [0.29, 0.717) is 28.4 Å². The Hall–Kier alpha value is -5.53. The lowest BCUT2D eigenvalue weighted by Gasteiger charge is -2.09. The van der Waals surface area contributed by atoms with Crippen molar-refractivity contribution in [3.8, 4) is 17.2 Å². The highest BCUT2D eigenvalue weighted by Crippen LogP contribution is 2.29. The molecule has 0 bridgehead atoms. The van der Waals surface area contributed by atoms with E-state index in [0.717, 1.165) is 5.56 Å². The summed E-state index contributed by atoms with van der Waals surface area (Å²) in [6.45, 7) is -0.248. The van der Waals surface area contributed by atoms with Crippen LogP contribution in [0.5, 0.6) is 17.2 Å². The number of ketones is 2. The quantitative estimate of drug-likeness (QED) is 0.0375. The van der Waals surface area contributed by atoms with Gasteiger partial charge in [-0.3, -0.25) is 9.59 Å². The number of aliphatic hydroxyl groups is 1. The molecule has 0 aromatic heterocycles. The van der Waals surface area contributed by atoms with Gasteiger partial charge in [0.2, 0.25) is 0 Å². The van der Waals surface area contributed by atoms with Crippen LogP contribution in [-0.2, 0) is 9.59 Å². The Morgan fingerprint density at radius 3 is 2.12 bits per heavy atom. The molecule has 202 valence electrons. The van der Waals surface area contributed by atoms with Gasteiger partial charge >= 0.3 is 0 Å². The van der Waals surface area contributed by atoms with Crippen LogP contribution in [0.4, 0.5) is 0 Å². The molecule has 0 amide bonds. The summed E-state index contributed by atoms with van der Waals surface area (Å²) in [6.07, 6.45) is 8.31. The second-order valence-corrected chi connectivity index (χ2v) is 8.09. The summed E-state index contributed by atoms with van der Waals surface area (Å²) in [7, 11) is 3.00. The van der Waals surface area contributed by atoms with Gasteiger partial charge in [-0.15, -0.1) is 0 Å². The lowest BCUT2D eigenvalue weighted by molar-refractivity contribution is -0.117. The summed E-state index contributed by atoms with van der Waals surface area (Å²) in [5.41, 5.74) is 10.1. The zero-order valence-corrected chi connectivity index (χ0v) is 21.9. The fourth-order valence-electron chi connectivity index (χ4n) is 3.49. The first-order valence-electron chi connectivity index (χ1n) is 12.0. The molecule has 0 saturated carbocycles. The summed E-state index contributed by atoms with van der Waals surface area (Å²) in [5, 5.41) is 14.2. The van der Waals surface area contributed by atoms with E-state index in [1.807, 2.05) is 30.3 Å². The molecule has 3 aromatic rings. The van der Waals surface area contributed by atoms with Crippen molar-refractivity contribution in [3.05, 3.63) is 129 Å². The fourth-order valence-corrected chi connectivity index (χ4v) is 3.49. The van der Waals surface area contributed by atoms with Gasteiger partial charge < -0.3 is 19.3 Å². The zero-order chi connectivity index (χ0) is 28.7. The van der Waals surface area contributed by atoms with Gasteiger partial charge in [-0.1, -0.05) is 71.9 Å². The van der Waals surface area contributed by atoms with Crippen LogP contribution in [0.1, 0.15) is 16.7 Å². The molecule has 0 spiro atoms. The zero-order valence-electron chi connectivity index (χ0n) is 21.9. The Morgan fingerprint density at radius 1 is 0.800 bits per heavy atom. The average molecular weight is 538 g/mol. The van der Waals surface area contributed by atoms with Crippen LogP contribution in [0.2, 0.25) is 0 Å². The molecule has 9 heteroatoms. The standard InChI is InChI=1S/C31H27N3O6/c1-38-25-10-6-9-23(19-25)12-16-27(36)31(26(35)15-11-22-7-4-3-5-8-22)28(37)17-13-24-14-18-29(39-2)30(20-24)40-21-33-34-32/h3-20,36H,21H2,1-2H3/b15-11+,16-12+,17-13+,31-27?. The van der Waals surface area contributed by atoms with Gasteiger partial charge in [0, 0.05) is 4.91 Å². The van der Waals surface area contributed by atoms with Crippen molar-refractivity contribution in [1.82, 2.24) is 0 Å². The Labute approximate surface area is 231 Å². The largest absolute Gasteiger partial charge is 0.507 e. The van der Waals surface area contributed by atoms with Crippen LogP contribution in [0.15, 0.2) is 107 Å². The van der Waals surface area contributed by atoms with Gasteiger partial charge in [-0.2, -0.15) is 0 Å². The fraction of sp³-hybridized carbons (Fsp3) is 0.0968. The smallest absolute Gasteiger partial charge is 0.193 e. The molecule has 3 aromatic carbocycles. The van der Waals surface area contributed by atoms with Crippen LogP contribution in [0.3, 0.4) is 0 Å². The third kappa shape index (κ3) is 8.51. The minimum absolute atomic E-state index is 0.248. The summed E-state index contributed by atoms with van der Waals surface area (Å²) >= 11 is 0. The first-order valence-corrected chi connectivity index (χ1v) is 12.0. The van der Waals surface area contributed by atoms with E-state index in [1.54, 1.807) is 61.7 Å². The number of allylic oxidation sites excluding steroid dienone is 4. The van der Waals surface area contributed by atoms with Crippen molar-refractivity contribution in [2.45, 2.75) is 0 Å². The SMILES string of the molecule is COc1cccc(/C=C/C(O)=C(C(=O)/C=C/c2ccccc2)C(=O)/C=C/c2ccc(OC)c(OCN=[N+]=[N-])c2)c1. The molecule has 1 N–H and O–H groups in total. The third-order valence-electron chi connectivity index (χ3n) is 5.46. The first-order chi connectivity index (χ1) is 19.4. The molecule has 0 aliphatic heterocycles. The number of ether oxygens (including phenoxy) is 3. The monoisotopic (exact) mass is 537 g/mol. The minimum Gasteiger partial charge on any atom is -0.507 e. The lowest BCUT2D eigenvalue weighted by atomic mass is 10.0. The van der Waals surface area contributed by atoms with Gasteiger partial charge in [0.1, 0.15) is 17.1 Å². The molecule has 0 unspecified atom stereocenters. The molecule has 0 heterocycles. The van der Waals surface area contributed by atoms with Crippen LogP contribution < -0.4 is 14.2 Å². The normalized spacial score (nSPS) is 11.8. The number of carbonyl (C=O) groups is 2. The van der Waals surface area contributed by atoms with E-state index < -0.39 is 22.9 Å². The van der Waals surface area contributed by atoms with Crippen molar-refractivity contribution in [3.63, 3.8) is 0 Å². The number of benzene rings is 3. The van der Waals surface area contributed by atoms with Crippen molar-refractivity contribution in [1.29, 1.82) is 0 Å². The molecule has 9 nitrogen and oxygen atoms in total. The van der Waals surface area contributed by atoms with Crippen molar-refractivity contribution in [2.75, 3.05) is 21.0 Å². The van der Waals surface area contributed by atoms with E-state index in [-0.39, 0.29) is 6.73 Å². The number of nitrogens with zero attached hydrogens (tertiary/aromatic N) is 3. The highest BCUT2D eigenvalue weighted by Gasteiger charge is 2.18. The van der Waals surface area contributed by atoms with E-state index in [1.165, 1.54) is 31.4 Å². The molecule has 0 fully saturated rings. The number of hydrogen-bond donors (Lipinski definition) is 1. The predicted molar refractivity (Wildman–Crippen MR) is 154 cm³/mol. The van der Waals surface area contributed by atoms with Gasteiger partial charge in [-0.05, 0) is 64.7 Å². The maximum Gasteiger partial charge on any atom is 0.193 e. The number of hydrogen-bond acceptors (Lipinski definition) is 7. The second kappa shape index (κ2) is 15.0. The van der Waals surface area contributed by atoms with E-state index in [2.05, 4.69) is 10.0 Å². The summed E-state index contributed by atoms with van der Waals surface area (Å²) < 4.78 is 15.9. The van der Waals surface area contributed by atoms with Gasteiger partial charge in [0.05, 0.1) is 14.2 Å². The van der Waals surface area contributed by atoms with Gasteiger partial charge in [0.15, 0.2) is 29.8 Å². The Morgan fingerprint density at radius 2 is 1.45 bits per heavy atom. The van der Waals surface area contributed by atoms with Crippen molar-refractivity contribution >= 4 is 29.8 Å². The van der Waals surface area contributed by atoms with Crippen LogP contribution in [-0.4, -0.2) is 37.6 Å². The van der Waals surface area contributed by atoms with E-state index >= 15 is 0 Å². The minimum atomic E-state index is -0.706. The van der Waals surface area contributed by atoms with Crippen LogP contribution in [0, 0.1) is 0 Å². The molecule has 40 heavy (non-hydrogen) atoms. The summed E-state index contributed by atoms with van der Waals surface area (Å²) in [4.78, 5) is 29.0. The molecule has 0 atom stereocenters. The van der Waals surface area contributed by atoms with Crippen molar-refractivity contribution < 1.29 is 28.9 Å². The Balaban J connectivity index is 1.94. The van der Waals surface area contributed by atoms with E-state index in [4.69, 9.17) is 19.7 Å². The molecular weight excluding hydrogens is 510 g/mol. The van der Waals surface area contributed by atoms with Crippen LogP contribution in [0.25, 0.3) is 28.7 Å². The maximum absolute atomic E-state index is 13.2. The average Bonchev–Trinajstić information content (AvgIpc) is 2.99. The van der Waals surface area contributed by atoms with Crippen molar-refractivity contribution in [2.24, 2.45) is 5.11 Å². The molecule has 0 aliphatic rings. The van der Waals surface area contributed by atoms with Gasteiger partial charge in [0.25, 0.3) is 0 Å². The number of rotatable bonds is 13. The number of aliphatic hydroxyl groups excluding tert-OH is 1. The molecule has 3 rings (SSSR count). The highest BCUT2D eigenvalue weighted by molar-refractivity contribution is 6.29. The molecular formula is C31H27N3O6. The van der Waals surface area contributed by atoms with E-state index in [9.17, 15) is 14.7 Å². The number of methoxy groups -OCH3 is 2. The second-order valence-electron chi connectivity index (χ2n) is 8.09. The lowest BCUT2D eigenvalue weighted by Crippen LogP contribution is -2.11. The van der Waals surface area contributed by atoms with Gasteiger partial charge in [-0.25, -0.2) is 0 Å². The maximum atomic E-state index is 13.2. The first kappa shape index (κ1) is 29.0. The molecule has 0 radical (unpaired) electrons. The molecule has 0 saturated heterocycles. The summed E-state index contributed by atoms with van der Waals surface area (Å²) in [5.74, 6) is -0.547. The summed E-state index contributed by atoms with van der Waals surface area (Å²) in [6, 6.07) is 21.1. The van der Waals surface area contributed by atoms with Crippen LogP contribution >= 0.6 is 0 Å². The predicted octanol–water partition coefficient (Wildman–Crippen LogP) is 6.74.